The number of hydrogen-bond donors (Lipinski definition) is 1. The topological polar surface area (TPSA) is 63.8 Å². The molecule has 2 aromatic heterocycles. The Kier molecular flexibility index (Phi) is 5.80. The van der Waals surface area contributed by atoms with Crippen molar-refractivity contribution in [2.75, 3.05) is 19.0 Å². The lowest BCUT2D eigenvalue weighted by atomic mass is 10.1. The van der Waals surface area contributed by atoms with E-state index >= 15 is 0 Å². The number of halogens is 1. The van der Waals surface area contributed by atoms with Gasteiger partial charge in [0.05, 0.1) is 22.6 Å². The smallest absolute Gasteiger partial charge is 0.172 e. The fourth-order valence-corrected chi connectivity index (χ4v) is 2.75. The van der Waals surface area contributed by atoms with Crippen molar-refractivity contribution >= 4 is 33.6 Å². The molecule has 0 amide bonds. The van der Waals surface area contributed by atoms with Gasteiger partial charge in [0.15, 0.2) is 5.65 Å². The molecule has 1 N–H and O–H groups in total. The Morgan fingerprint density at radius 3 is 2.92 bits per heavy atom. The summed E-state index contributed by atoms with van der Waals surface area (Å²) >= 11 is 3.51. The van der Waals surface area contributed by atoms with Crippen LogP contribution in [0.1, 0.15) is 0 Å². The Balaban J connectivity index is 1.95. The molecule has 0 aliphatic carbocycles. The Hall–Kier alpha value is -2.93. The Morgan fingerprint density at radius 2 is 2.19 bits per heavy atom. The molecular weight excluding hydrogens is 394 g/mol. The predicted molar refractivity (Wildman–Crippen MR) is 108 cm³/mol. The van der Waals surface area contributed by atoms with Crippen molar-refractivity contribution in [1.29, 1.82) is 0 Å². The third kappa shape index (κ3) is 4.00. The summed E-state index contributed by atoms with van der Waals surface area (Å²) in [5.74, 6) is 0.830. The van der Waals surface area contributed by atoms with Gasteiger partial charge in [-0.2, -0.15) is 9.61 Å². The van der Waals surface area contributed by atoms with Crippen molar-refractivity contribution in [1.82, 2.24) is 14.6 Å². The van der Waals surface area contributed by atoms with Crippen LogP contribution in [0.25, 0.3) is 16.9 Å². The van der Waals surface area contributed by atoms with Gasteiger partial charge in [-0.3, -0.25) is 0 Å². The third-order valence-electron chi connectivity index (χ3n) is 3.69. The first-order chi connectivity index (χ1) is 12.7. The summed E-state index contributed by atoms with van der Waals surface area (Å²) in [6, 6.07) is 12.0. The van der Waals surface area contributed by atoms with Crippen molar-refractivity contribution in [2.24, 2.45) is 5.16 Å². The van der Waals surface area contributed by atoms with Crippen LogP contribution in [0.15, 0.2) is 76.5 Å². The van der Waals surface area contributed by atoms with Gasteiger partial charge in [-0.05, 0) is 27.6 Å². The number of oxime groups is 1. The lowest BCUT2D eigenvalue weighted by molar-refractivity contribution is 0.215. The highest BCUT2D eigenvalue weighted by Crippen LogP contribution is 2.25. The highest BCUT2D eigenvalue weighted by molar-refractivity contribution is 9.10. The van der Waals surface area contributed by atoms with Crippen LogP contribution < -0.4 is 5.32 Å². The summed E-state index contributed by atoms with van der Waals surface area (Å²) in [4.78, 5) is 9.38. The fraction of sp³-hybridized carbons (Fsp3) is 0.105. The third-order valence-corrected chi connectivity index (χ3v) is 4.25. The molecule has 3 aromatic rings. The average Bonchev–Trinajstić information content (AvgIpc) is 3.06. The molecule has 0 aliphatic rings. The minimum atomic E-state index is 0.560. The van der Waals surface area contributed by atoms with Crippen molar-refractivity contribution in [2.45, 2.75) is 0 Å². The number of nitrogens with zero attached hydrogens (tertiary/aromatic N) is 4. The Labute approximate surface area is 160 Å². The van der Waals surface area contributed by atoms with Crippen LogP contribution in [0.5, 0.6) is 0 Å². The molecule has 0 bridgehead atoms. The first-order valence-corrected chi connectivity index (χ1v) is 8.74. The van der Waals surface area contributed by atoms with Gasteiger partial charge in [0.25, 0.3) is 0 Å². The van der Waals surface area contributed by atoms with Gasteiger partial charge in [-0.15, -0.1) is 0 Å². The van der Waals surface area contributed by atoms with Crippen LogP contribution in [-0.2, 0) is 4.84 Å². The molecule has 132 valence electrons. The zero-order valence-electron chi connectivity index (χ0n) is 14.3. The Bertz CT molecular complexity index is 963. The first-order valence-electron chi connectivity index (χ1n) is 7.94. The van der Waals surface area contributed by atoms with E-state index in [1.807, 2.05) is 42.5 Å². The zero-order valence-corrected chi connectivity index (χ0v) is 15.8. The summed E-state index contributed by atoms with van der Waals surface area (Å²) in [6.45, 7) is 4.39. The van der Waals surface area contributed by atoms with E-state index in [1.165, 1.54) is 7.11 Å². The summed E-state index contributed by atoms with van der Waals surface area (Å²) in [5, 5.41) is 11.5. The van der Waals surface area contributed by atoms with Crippen LogP contribution in [0.3, 0.4) is 0 Å². The molecular formula is C19H18BrN5O. The van der Waals surface area contributed by atoms with Crippen LogP contribution in [0.2, 0.25) is 0 Å². The largest absolute Gasteiger partial charge is 0.399 e. The molecule has 0 aliphatic heterocycles. The van der Waals surface area contributed by atoms with Crippen molar-refractivity contribution in [3.8, 4) is 11.3 Å². The van der Waals surface area contributed by atoms with Crippen molar-refractivity contribution in [3.63, 3.8) is 0 Å². The molecule has 0 spiro atoms. The van der Waals surface area contributed by atoms with Crippen LogP contribution in [-0.4, -0.2) is 34.5 Å². The number of rotatable bonds is 7. The maximum Gasteiger partial charge on any atom is 0.172 e. The molecule has 0 fully saturated rings. The number of aromatic nitrogens is 3. The van der Waals surface area contributed by atoms with E-state index in [4.69, 9.17) is 4.98 Å². The van der Waals surface area contributed by atoms with E-state index in [2.05, 4.69) is 42.9 Å². The molecule has 2 heterocycles. The van der Waals surface area contributed by atoms with E-state index in [-0.39, 0.29) is 0 Å². The molecule has 0 unspecified atom stereocenters. The summed E-state index contributed by atoms with van der Waals surface area (Å²) in [6.07, 6.45) is 6.92. The maximum atomic E-state index is 4.71. The van der Waals surface area contributed by atoms with Gasteiger partial charge in [0.1, 0.15) is 12.9 Å². The summed E-state index contributed by atoms with van der Waals surface area (Å²) in [5.41, 5.74) is 3.62. The number of nitrogens with one attached hydrogen (secondary N) is 1. The monoisotopic (exact) mass is 411 g/mol. The van der Waals surface area contributed by atoms with Gasteiger partial charge >= 0.3 is 0 Å². The van der Waals surface area contributed by atoms with E-state index in [1.54, 1.807) is 23.0 Å². The maximum absolute atomic E-state index is 4.71. The fourth-order valence-electron chi connectivity index (χ4n) is 2.40. The number of anilines is 1. The molecule has 0 saturated heterocycles. The highest BCUT2D eigenvalue weighted by atomic mass is 79.9. The van der Waals surface area contributed by atoms with E-state index in [9.17, 15) is 0 Å². The van der Waals surface area contributed by atoms with Crippen LogP contribution in [0, 0.1) is 0 Å². The highest BCUT2D eigenvalue weighted by Gasteiger charge is 2.11. The van der Waals surface area contributed by atoms with Gasteiger partial charge in [-0.1, -0.05) is 48.1 Å². The minimum Gasteiger partial charge on any atom is -0.399 e. The standard InChI is InChI=1S/C19H18BrN5O/c1-3-14(9-10-23-26-2)12-21-18-11-17(15-7-5-4-6-8-15)24-19-16(20)13-22-25(18)19/h3-11,13,21H,1,12H2,2H3/b14-9+,23-10+. The minimum absolute atomic E-state index is 0.560. The summed E-state index contributed by atoms with van der Waals surface area (Å²) < 4.78 is 2.60. The van der Waals surface area contributed by atoms with Crippen LogP contribution in [0.4, 0.5) is 5.82 Å². The molecule has 26 heavy (non-hydrogen) atoms. The van der Waals surface area contributed by atoms with Gasteiger partial charge in [-0.25, -0.2) is 4.98 Å². The first kappa shape index (κ1) is 17.9. The van der Waals surface area contributed by atoms with Crippen molar-refractivity contribution in [3.05, 3.63) is 71.4 Å². The normalized spacial score (nSPS) is 11.8. The van der Waals surface area contributed by atoms with Gasteiger partial charge in [0.2, 0.25) is 0 Å². The molecule has 6 nitrogen and oxygen atoms in total. The quantitative estimate of drug-likeness (QED) is 0.357. The second-order valence-electron chi connectivity index (χ2n) is 5.36. The molecule has 7 heteroatoms. The molecule has 0 saturated carbocycles. The second-order valence-corrected chi connectivity index (χ2v) is 6.21. The van der Waals surface area contributed by atoms with Gasteiger partial charge < -0.3 is 10.2 Å². The van der Waals surface area contributed by atoms with E-state index in [0.29, 0.717) is 6.54 Å². The number of allylic oxidation sites excluding steroid dienone is 1. The van der Waals surface area contributed by atoms with E-state index < -0.39 is 0 Å². The molecule has 0 radical (unpaired) electrons. The zero-order chi connectivity index (χ0) is 18.4. The lowest BCUT2D eigenvalue weighted by Crippen LogP contribution is -2.09. The SMILES string of the molecule is C=C/C(=C\C=N\OC)CNc1cc(-c2ccccc2)nc2c(Br)cnn12. The number of fused-ring (bicyclic) bond motifs is 1. The van der Waals surface area contributed by atoms with E-state index in [0.717, 1.165) is 32.8 Å². The number of benzene rings is 1. The summed E-state index contributed by atoms with van der Waals surface area (Å²) in [7, 11) is 1.50. The lowest BCUT2D eigenvalue weighted by Gasteiger charge is -2.11. The van der Waals surface area contributed by atoms with Crippen LogP contribution >= 0.6 is 15.9 Å². The van der Waals surface area contributed by atoms with Gasteiger partial charge in [0, 0.05) is 18.2 Å². The average molecular weight is 412 g/mol. The Morgan fingerprint density at radius 1 is 1.38 bits per heavy atom. The number of hydrogen-bond acceptors (Lipinski definition) is 5. The molecule has 0 atom stereocenters. The van der Waals surface area contributed by atoms with Crippen molar-refractivity contribution < 1.29 is 4.84 Å². The second kappa shape index (κ2) is 8.44. The predicted octanol–water partition coefficient (Wildman–Crippen LogP) is 4.32. The molecule has 3 rings (SSSR count). The molecule has 1 aromatic carbocycles.